The molecule has 1 aromatic rings. The molecule has 0 saturated heterocycles. The third kappa shape index (κ3) is 4.71. The van der Waals surface area contributed by atoms with Gasteiger partial charge in [-0.05, 0) is 25.8 Å². The second-order valence-electron chi connectivity index (χ2n) is 4.51. The first-order chi connectivity index (χ1) is 8.52. The second kappa shape index (κ2) is 6.96. The van der Waals surface area contributed by atoms with Crippen LogP contribution in [0.15, 0.2) is 23.1 Å². The van der Waals surface area contributed by atoms with E-state index in [2.05, 4.69) is 5.32 Å². The van der Waals surface area contributed by atoms with E-state index in [1.54, 1.807) is 16.8 Å². The molecular weight excluding hydrogens is 230 g/mol. The number of hydrogen-bond acceptors (Lipinski definition) is 3. The van der Waals surface area contributed by atoms with Crippen LogP contribution in [0.3, 0.4) is 0 Å². The number of pyridine rings is 1. The van der Waals surface area contributed by atoms with Crippen LogP contribution >= 0.6 is 0 Å². The van der Waals surface area contributed by atoms with E-state index in [1.165, 1.54) is 6.07 Å². The zero-order valence-corrected chi connectivity index (χ0v) is 11.0. The maximum atomic E-state index is 11.6. The normalized spacial score (nSPS) is 12.2. The van der Waals surface area contributed by atoms with Crippen molar-refractivity contribution in [3.8, 4) is 0 Å². The summed E-state index contributed by atoms with van der Waals surface area (Å²) in [4.78, 5) is 23.1. The SMILES string of the molecule is CCCn1cc(NC(=O)CCC(C)N)ccc1=O. The van der Waals surface area contributed by atoms with Crippen molar-refractivity contribution in [2.45, 2.75) is 45.7 Å². The Balaban J connectivity index is 2.64. The van der Waals surface area contributed by atoms with Crippen LogP contribution in [0, 0.1) is 0 Å². The van der Waals surface area contributed by atoms with Crippen molar-refractivity contribution in [3.05, 3.63) is 28.7 Å². The lowest BCUT2D eigenvalue weighted by molar-refractivity contribution is -0.116. The number of carbonyl (C=O) groups is 1. The molecule has 1 aromatic heterocycles. The fourth-order valence-corrected chi connectivity index (χ4v) is 1.60. The van der Waals surface area contributed by atoms with Crippen molar-refractivity contribution in [1.82, 2.24) is 4.57 Å². The number of anilines is 1. The van der Waals surface area contributed by atoms with Crippen molar-refractivity contribution in [2.75, 3.05) is 5.32 Å². The van der Waals surface area contributed by atoms with E-state index in [1.807, 2.05) is 13.8 Å². The summed E-state index contributed by atoms with van der Waals surface area (Å²) in [6.07, 6.45) is 3.60. The molecule has 5 nitrogen and oxygen atoms in total. The lowest BCUT2D eigenvalue weighted by Crippen LogP contribution is -2.22. The van der Waals surface area contributed by atoms with Crippen LogP contribution in [0.25, 0.3) is 0 Å². The number of aromatic nitrogens is 1. The summed E-state index contributed by atoms with van der Waals surface area (Å²) in [6.45, 7) is 4.53. The Morgan fingerprint density at radius 1 is 1.50 bits per heavy atom. The Morgan fingerprint density at radius 2 is 2.22 bits per heavy atom. The molecule has 0 fully saturated rings. The highest BCUT2D eigenvalue weighted by Gasteiger charge is 2.05. The molecule has 0 aliphatic carbocycles. The molecule has 3 N–H and O–H groups in total. The Kier molecular flexibility index (Phi) is 5.58. The van der Waals surface area contributed by atoms with Crippen molar-refractivity contribution in [1.29, 1.82) is 0 Å². The molecule has 1 amide bonds. The zero-order valence-electron chi connectivity index (χ0n) is 11.0. The predicted molar refractivity (Wildman–Crippen MR) is 72.5 cm³/mol. The Bertz CT molecular complexity index is 452. The van der Waals surface area contributed by atoms with E-state index in [0.717, 1.165) is 6.42 Å². The Hall–Kier alpha value is -1.62. The van der Waals surface area contributed by atoms with Gasteiger partial charge in [0.05, 0.1) is 5.69 Å². The fourth-order valence-electron chi connectivity index (χ4n) is 1.60. The molecule has 0 aliphatic rings. The highest BCUT2D eigenvalue weighted by Crippen LogP contribution is 2.05. The molecule has 0 aromatic carbocycles. The first kappa shape index (κ1) is 14.4. The van der Waals surface area contributed by atoms with Crippen LogP contribution in [0.1, 0.15) is 33.1 Å². The van der Waals surface area contributed by atoms with Crippen molar-refractivity contribution in [2.24, 2.45) is 5.73 Å². The largest absolute Gasteiger partial charge is 0.328 e. The van der Waals surface area contributed by atoms with E-state index in [4.69, 9.17) is 5.73 Å². The molecule has 0 radical (unpaired) electrons. The van der Waals surface area contributed by atoms with E-state index < -0.39 is 0 Å². The molecule has 1 rings (SSSR count). The Morgan fingerprint density at radius 3 is 2.83 bits per heavy atom. The predicted octanol–water partition coefficient (Wildman–Crippen LogP) is 1.32. The molecule has 5 heteroatoms. The number of nitrogens with one attached hydrogen (secondary N) is 1. The zero-order chi connectivity index (χ0) is 13.5. The molecule has 0 aliphatic heterocycles. The van der Waals surface area contributed by atoms with Crippen LogP contribution < -0.4 is 16.6 Å². The minimum absolute atomic E-state index is 0.0183. The van der Waals surface area contributed by atoms with Crippen molar-refractivity contribution >= 4 is 11.6 Å². The number of nitrogens with two attached hydrogens (primary N) is 1. The first-order valence-corrected chi connectivity index (χ1v) is 6.29. The standard InChI is InChI=1S/C13H21N3O2/c1-3-8-16-9-11(5-7-13(16)18)15-12(17)6-4-10(2)14/h5,7,9-10H,3-4,6,8,14H2,1-2H3,(H,15,17). The lowest BCUT2D eigenvalue weighted by atomic mass is 10.2. The van der Waals surface area contributed by atoms with Gasteiger partial charge in [0.2, 0.25) is 5.91 Å². The second-order valence-corrected chi connectivity index (χ2v) is 4.51. The minimum atomic E-state index is -0.0750. The minimum Gasteiger partial charge on any atom is -0.328 e. The van der Waals surface area contributed by atoms with Crippen LogP contribution in [-0.4, -0.2) is 16.5 Å². The third-order valence-electron chi connectivity index (χ3n) is 2.56. The van der Waals surface area contributed by atoms with Crippen LogP contribution in [-0.2, 0) is 11.3 Å². The number of carbonyl (C=O) groups excluding carboxylic acids is 1. The van der Waals surface area contributed by atoms with Gasteiger partial charge < -0.3 is 15.6 Å². The molecule has 1 atom stereocenters. The van der Waals surface area contributed by atoms with E-state index in [0.29, 0.717) is 25.1 Å². The van der Waals surface area contributed by atoms with Gasteiger partial charge in [0.15, 0.2) is 0 Å². The summed E-state index contributed by atoms with van der Waals surface area (Å²) in [7, 11) is 0. The number of rotatable bonds is 6. The molecule has 0 saturated carbocycles. The average molecular weight is 251 g/mol. The molecule has 1 unspecified atom stereocenters. The summed E-state index contributed by atoms with van der Waals surface area (Å²) in [6, 6.07) is 3.11. The maximum Gasteiger partial charge on any atom is 0.250 e. The summed E-state index contributed by atoms with van der Waals surface area (Å²) >= 11 is 0. The van der Waals surface area contributed by atoms with Crippen molar-refractivity contribution < 1.29 is 4.79 Å². The smallest absolute Gasteiger partial charge is 0.250 e. The maximum absolute atomic E-state index is 11.6. The van der Waals surface area contributed by atoms with Gasteiger partial charge in [-0.2, -0.15) is 0 Å². The molecule has 18 heavy (non-hydrogen) atoms. The van der Waals surface area contributed by atoms with Gasteiger partial charge in [0.25, 0.3) is 5.56 Å². The first-order valence-electron chi connectivity index (χ1n) is 6.29. The van der Waals surface area contributed by atoms with Gasteiger partial charge in [-0.1, -0.05) is 6.92 Å². The number of amides is 1. The van der Waals surface area contributed by atoms with E-state index >= 15 is 0 Å². The highest BCUT2D eigenvalue weighted by atomic mass is 16.1. The topological polar surface area (TPSA) is 77.1 Å². The monoisotopic (exact) mass is 251 g/mol. The highest BCUT2D eigenvalue weighted by molar-refractivity contribution is 5.90. The molecule has 1 heterocycles. The van der Waals surface area contributed by atoms with Crippen LogP contribution in [0.5, 0.6) is 0 Å². The molecule has 0 bridgehead atoms. The van der Waals surface area contributed by atoms with Gasteiger partial charge in [0, 0.05) is 31.3 Å². The van der Waals surface area contributed by atoms with Gasteiger partial charge in [-0.25, -0.2) is 0 Å². The fraction of sp³-hybridized carbons (Fsp3) is 0.538. The molecular formula is C13H21N3O2. The third-order valence-corrected chi connectivity index (χ3v) is 2.56. The summed E-state index contributed by atoms with van der Waals surface area (Å²) in [5.41, 5.74) is 6.19. The van der Waals surface area contributed by atoms with Gasteiger partial charge in [-0.3, -0.25) is 9.59 Å². The number of aryl methyl sites for hydroxylation is 1. The van der Waals surface area contributed by atoms with Crippen LogP contribution in [0.2, 0.25) is 0 Å². The summed E-state index contributed by atoms with van der Waals surface area (Å²) in [5.74, 6) is -0.0750. The van der Waals surface area contributed by atoms with Crippen LogP contribution in [0.4, 0.5) is 5.69 Å². The molecule has 0 spiro atoms. The average Bonchev–Trinajstić information content (AvgIpc) is 2.31. The number of nitrogens with zero attached hydrogens (tertiary/aromatic N) is 1. The van der Waals surface area contributed by atoms with E-state index in [9.17, 15) is 9.59 Å². The van der Waals surface area contributed by atoms with Crippen molar-refractivity contribution in [3.63, 3.8) is 0 Å². The van der Waals surface area contributed by atoms with Gasteiger partial charge >= 0.3 is 0 Å². The quantitative estimate of drug-likeness (QED) is 0.800. The number of hydrogen-bond donors (Lipinski definition) is 2. The molecule has 100 valence electrons. The van der Waals surface area contributed by atoms with Gasteiger partial charge in [-0.15, -0.1) is 0 Å². The summed E-state index contributed by atoms with van der Waals surface area (Å²) in [5, 5.41) is 2.77. The van der Waals surface area contributed by atoms with Gasteiger partial charge in [0.1, 0.15) is 0 Å². The summed E-state index contributed by atoms with van der Waals surface area (Å²) < 4.78 is 1.60. The Labute approximate surface area is 107 Å². The lowest BCUT2D eigenvalue weighted by Gasteiger charge is -2.09. The van der Waals surface area contributed by atoms with E-state index in [-0.39, 0.29) is 17.5 Å².